The Morgan fingerprint density at radius 3 is 2.58 bits per heavy atom. The quantitative estimate of drug-likeness (QED) is 0.629. The average molecular weight is 327 g/mol. The van der Waals surface area contributed by atoms with Gasteiger partial charge in [-0.1, -0.05) is 11.6 Å². The zero-order chi connectivity index (χ0) is 14.3. The van der Waals surface area contributed by atoms with Gasteiger partial charge in [-0.3, -0.25) is 10.1 Å². The summed E-state index contributed by atoms with van der Waals surface area (Å²) in [6.45, 7) is -0.298. The van der Waals surface area contributed by atoms with Crippen LogP contribution in [0, 0.1) is 10.1 Å². The molecule has 2 N–H and O–H groups in total. The van der Waals surface area contributed by atoms with Crippen LogP contribution in [0.15, 0.2) is 10.3 Å². The lowest BCUT2D eigenvalue weighted by Gasteiger charge is -2.40. The number of hydrogen-bond acceptors (Lipinski definition) is 6. The Bertz CT molecular complexity index is 603. The van der Waals surface area contributed by atoms with Crippen molar-refractivity contribution in [2.75, 3.05) is 6.61 Å². The Hall–Kier alpha value is -0.740. The summed E-state index contributed by atoms with van der Waals surface area (Å²) in [5, 5.41) is 19.9. The zero-order valence-corrected chi connectivity index (χ0v) is 12.0. The molecule has 0 aliphatic heterocycles. The molecule has 1 aliphatic rings. The van der Waals surface area contributed by atoms with Gasteiger partial charge in [-0.25, -0.2) is 13.1 Å². The Morgan fingerprint density at radius 2 is 2.21 bits per heavy atom. The molecule has 0 spiro atoms. The first kappa shape index (κ1) is 14.7. The summed E-state index contributed by atoms with van der Waals surface area (Å²) in [6, 6.07) is 0.930. The molecule has 10 heteroatoms. The monoisotopic (exact) mass is 326 g/mol. The molecule has 1 fully saturated rings. The van der Waals surface area contributed by atoms with Crippen molar-refractivity contribution in [3.05, 3.63) is 20.5 Å². The van der Waals surface area contributed by atoms with E-state index in [4.69, 9.17) is 11.6 Å². The number of aliphatic hydroxyl groups excluding tert-OH is 1. The van der Waals surface area contributed by atoms with Crippen LogP contribution in [0.25, 0.3) is 0 Å². The summed E-state index contributed by atoms with van der Waals surface area (Å²) >= 11 is 6.26. The van der Waals surface area contributed by atoms with Gasteiger partial charge in [0.1, 0.15) is 4.21 Å². The molecule has 106 valence electrons. The van der Waals surface area contributed by atoms with Crippen LogP contribution in [0.5, 0.6) is 0 Å². The highest BCUT2D eigenvalue weighted by atomic mass is 35.5. The van der Waals surface area contributed by atoms with Crippen LogP contribution in [-0.4, -0.2) is 30.6 Å². The molecule has 0 amide bonds. The lowest BCUT2D eigenvalue weighted by atomic mass is 9.78. The molecule has 0 radical (unpaired) electrons. The second-order valence-corrected chi connectivity index (χ2v) is 7.94. The van der Waals surface area contributed by atoms with Gasteiger partial charge in [0.15, 0.2) is 4.34 Å². The minimum absolute atomic E-state index is 0.183. The van der Waals surface area contributed by atoms with E-state index in [0.717, 1.165) is 12.5 Å². The molecule has 0 unspecified atom stereocenters. The predicted octanol–water partition coefficient (Wildman–Crippen LogP) is 1.50. The van der Waals surface area contributed by atoms with Crippen LogP contribution in [-0.2, 0) is 10.0 Å². The van der Waals surface area contributed by atoms with Crippen molar-refractivity contribution in [1.82, 2.24) is 4.72 Å². The van der Waals surface area contributed by atoms with E-state index in [1.54, 1.807) is 0 Å². The molecule has 1 aromatic heterocycles. The number of nitrogens with one attached hydrogen (secondary N) is 1. The van der Waals surface area contributed by atoms with Crippen LogP contribution < -0.4 is 4.72 Å². The van der Waals surface area contributed by atoms with Crippen molar-refractivity contribution in [3.8, 4) is 0 Å². The van der Waals surface area contributed by atoms with E-state index in [-0.39, 0.29) is 15.2 Å². The average Bonchev–Trinajstić information content (AvgIpc) is 2.67. The highest BCUT2D eigenvalue weighted by molar-refractivity contribution is 7.91. The van der Waals surface area contributed by atoms with E-state index in [1.807, 2.05) is 0 Å². The molecule has 0 bridgehead atoms. The van der Waals surface area contributed by atoms with E-state index in [1.165, 1.54) is 0 Å². The van der Waals surface area contributed by atoms with Gasteiger partial charge >= 0.3 is 0 Å². The van der Waals surface area contributed by atoms with E-state index < -0.39 is 26.2 Å². The molecule has 1 saturated carbocycles. The molecule has 7 nitrogen and oxygen atoms in total. The third-order valence-electron chi connectivity index (χ3n) is 3.07. The molecule has 1 heterocycles. The highest BCUT2D eigenvalue weighted by Crippen LogP contribution is 2.38. The van der Waals surface area contributed by atoms with Crippen molar-refractivity contribution >= 4 is 38.6 Å². The minimum Gasteiger partial charge on any atom is -0.394 e. The lowest BCUT2D eigenvalue weighted by Crippen LogP contribution is -2.55. The first-order valence-electron chi connectivity index (χ1n) is 5.38. The van der Waals surface area contributed by atoms with E-state index in [9.17, 15) is 23.6 Å². The number of thiophene rings is 1. The van der Waals surface area contributed by atoms with Crippen molar-refractivity contribution in [2.45, 2.75) is 29.0 Å². The van der Waals surface area contributed by atoms with E-state index >= 15 is 0 Å². The fourth-order valence-corrected chi connectivity index (χ4v) is 4.94. The van der Waals surface area contributed by atoms with Crippen LogP contribution in [0.1, 0.15) is 19.3 Å². The van der Waals surface area contributed by atoms with Crippen molar-refractivity contribution in [1.29, 1.82) is 0 Å². The third kappa shape index (κ3) is 2.75. The van der Waals surface area contributed by atoms with E-state index in [0.29, 0.717) is 24.2 Å². The Kier molecular flexibility index (Phi) is 3.85. The summed E-state index contributed by atoms with van der Waals surface area (Å²) in [4.78, 5) is 9.91. The number of nitro groups is 1. The molecule has 2 rings (SSSR count). The van der Waals surface area contributed by atoms with E-state index in [2.05, 4.69) is 4.72 Å². The van der Waals surface area contributed by atoms with Crippen LogP contribution >= 0.6 is 22.9 Å². The SMILES string of the molecule is O=[N+]([O-])c1cc(S(=O)(=O)NC2(CO)CCC2)sc1Cl. The summed E-state index contributed by atoms with van der Waals surface area (Å²) in [7, 11) is -3.91. The summed E-state index contributed by atoms with van der Waals surface area (Å²) in [5.74, 6) is 0. The summed E-state index contributed by atoms with van der Waals surface area (Å²) in [6.07, 6.45) is 1.92. The normalized spacial score (nSPS) is 18.0. The second kappa shape index (κ2) is 4.98. The number of hydrogen-bond donors (Lipinski definition) is 2. The standard InChI is InChI=1S/C9H11ClN2O5S2/c10-8-6(12(14)15)4-7(18-8)19(16,17)11-9(5-13)2-1-3-9/h4,11,13H,1-3,5H2. The molecule has 19 heavy (non-hydrogen) atoms. The zero-order valence-electron chi connectivity index (χ0n) is 9.63. The maximum atomic E-state index is 12.1. The number of halogens is 1. The third-order valence-corrected chi connectivity index (χ3v) is 6.46. The predicted molar refractivity (Wildman–Crippen MR) is 70.0 cm³/mol. The number of aliphatic hydroxyl groups is 1. The van der Waals surface area contributed by atoms with Gasteiger partial charge in [-0.2, -0.15) is 0 Å². The van der Waals surface area contributed by atoms with Crippen LogP contribution in [0.4, 0.5) is 5.69 Å². The van der Waals surface area contributed by atoms with Gasteiger partial charge in [0.2, 0.25) is 0 Å². The summed E-state index contributed by atoms with van der Waals surface area (Å²) in [5.41, 5.74) is -1.27. The first-order valence-corrected chi connectivity index (χ1v) is 8.06. The van der Waals surface area contributed by atoms with Gasteiger partial charge < -0.3 is 5.11 Å². The Labute approximate surface area is 118 Å². The van der Waals surface area contributed by atoms with Gasteiger partial charge in [-0.05, 0) is 19.3 Å². The largest absolute Gasteiger partial charge is 0.394 e. The molecule has 0 saturated heterocycles. The van der Waals surface area contributed by atoms with Gasteiger partial charge in [0, 0.05) is 6.07 Å². The summed E-state index contributed by atoms with van der Waals surface area (Å²) < 4.78 is 26.2. The number of sulfonamides is 1. The molecule has 1 aromatic rings. The van der Waals surface area contributed by atoms with Crippen LogP contribution in [0.2, 0.25) is 4.34 Å². The smallest absolute Gasteiger partial charge is 0.300 e. The fraction of sp³-hybridized carbons (Fsp3) is 0.556. The van der Waals surface area contributed by atoms with Gasteiger partial charge in [0.25, 0.3) is 15.7 Å². The van der Waals surface area contributed by atoms with Crippen molar-refractivity contribution in [2.24, 2.45) is 0 Å². The van der Waals surface area contributed by atoms with Crippen molar-refractivity contribution in [3.63, 3.8) is 0 Å². The maximum absolute atomic E-state index is 12.1. The number of rotatable bonds is 5. The Balaban J connectivity index is 2.29. The second-order valence-electron chi connectivity index (χ2n) is 4.38. The fourth-order valence-electron chi connectivity index (χ4n) is 1.83. The van der Waals surface area contributed by atoms with Gasteiger partial charge in [0.05, 0.1) is 17.1 Å². The molecule has 1 aliphatic carbocycles. The molecular weight excluding hydrogens is 316 g/mol. The van der Waals surface area contributed by atoms with Crippen LogP contribution in [0.3, 0.4) is 0 Å². The minimum atomic E-state index is -3.91. The molecular formula is C9H11ClN2O5S2. The Morgan fingerprint density at radius 1 is 1.58 bits per heavy atom. The van der Waals surface area contributed by atoms with Crippen molar-refractivity contribution < 1.29 is 18.4 Å². The maximum Gasteiger partial charge on any atom is 0.300 e. The number of nitrogens with zero attached hydrogens (tertiary/aromatic N) is 1. The first-order chi connectivity index (χ1) is 8.80. The topological polar surface area (TPSA) is 110 Å². The highest BCUT2D eigenvalue weighted by Gasteiger charge is 2.41. The molecule has 0 aromatic carbocycles. The molecule has 0 atom stereocenters. The van der Waals surface area contributed by atoms with Gasteiger partial charge in [-0.15, -0.1) is 11.3 Å². The lowest BCUT2D eigenvalue weighted by molar-refractivity contribution is -0.384.